The second-order valence-corrected chi connectivity index (χ2v) is 7.40. The Bertz CT molecular complexity index is 265. The molecule has 0 aliphatic heterocycles. The van der Waals surface area contributed by atoms with E-state index in [-0.39, 0.29) is 16.5 Å². The van der Waals surface area contributed by atoms with Gasteiger partial charge in [-0.2, -0.15) is 0 Å². The molecule has 0 fully saturated rings. The van der Waals surface area contributed by atoms with Crippen LogP contribution in [0.4, 0.5) is 0 Å². The maximum Gasteiger partial charge on any atom is 0.468 e. The fraction of sp³-hybridized carbons (Fsp3) is 0.455. The van der Waals surface area contributed by atoms with E-state index in [0.29, 0.717) is 0 Å². The zero-order chi connectivity index (χ0) is 10.2. The highest BCUT2D eigenvalue weighted by atomic mass is 127. The summed E-state index contributed by atoms with van der Waals surface area (Å²) in [6.07, 6.45) is 2.34. The van der Waals surface area contributed by atoms with Crippen molar-refractivity contribution in [1.82, 2.24) is 0 Å². The van der Waals surface area contributed by atoms with Crippen LogP contribution in [0.15, 0.2) is 24.3 Å². The van der Waals surface area contributed by atoms with Crippen molar-refractivity contribution in [2.75, 3.05) is 6.61 Å². The van der Waals surface area contributed by atoms with Crippen molar-refractivity contribution in [3.63, 3.8) is 0 Å². The molecule has 0 amide bonds. The zero-order valence-electron chi connectivity index (χ0n) is 8.63. The van der Waals surface area contributed by atoms with Gasteiger partial charge in [-0.3, -0.25) is 0 Å². The average molecular weight is 314 g/mol. The summed E-state index contributed by atoms with van der Waals surface area (Å²) in [6, 6.07) is 8.52. The second kappa shape index (κ2) is 7.76. The first-order chi connectivity index (χ1) is 6.86. The molecule has 0 heterocycles. The number of halogens is 1. The topological polar surface area (TPSA) is 9.23 Å². The molecule has 0 aromatic heterocycles. The molecule has 1 aromatic carbocycles. The van der Waals surface area contributed by atoms with Gasteiger partial charge in [0.05, 0.1) is 6.61 Å². The maximum atomic E-state index is 5.65. The van der Waals surface area contributed by atoms with Crippen molar-refractivity contribution in [2.24, 2.45) is 0 Å². The lowest BCUT2D eigenvalue weighted by molar-refractivity contribution is 0.309. The van der Waals surface area contributed by atoms with E-state index in [1.54, 1.807) is 0 Å². The van der Waals surface area contributed by atoms with Crippen LogP contribution in [0.25, 0.3) is 0 Å². The Morgan fingerprint density at radius 3 is 3.00 bits per heavy atom. The fourth-order valence-corrected chi connectivity index (χ4v) is 3.63. The molecule has 0 saturated heterocycles. The molecule has 74 valence electrons. The summed E-state index contributed by atoms with van der Waals surface area (Å²) in [5.74, 6) is 1.04. The molecule has 0 atom stereocenters. The van der Waals surface area contributed by atoms with E-state index in [1.807, 2.05) is 6.07 Å². The van der Waals surface area contributed by atoms with Gasteiger partial charge in [0.2, 0.25) is 0 Å². The van der Waals surface area contributed by atoms with Crippen LogP contribution in [0.5, 0.6) is 5.75 Å². The molecule has 3 heteroatoms. The SMILES string of the molecule is CCCCOc1cccc([CH2][Mg][I])c1. The van der Waals surface area contributed by atoms with Gasteiger partial charge in [0.15, 0.2) is 0 Å². The van der Waals surface area contributed by atoms with Gasteiger partial charge < -0.3 is 23.6 Å². The first-order valence-corrected chi connectivity index (χ1v) is 11.3. The molecule has 0 unspecified atom stereocenters. The van der Waals surface area contributed by atoms with Crippen LogP contribution in [0, 0.1) is 0 Å². The van der Waals surface area contributed by atoms with Crippen LogP contribution in [0.1, 0.15) is 25.3 Å². The fourth-order valence-electron chi connectivity index (χ4n) is 1.23. The number of hydrogen-bond donors (Lipinski definition) is 0. The largest absolute Gasteiger partial charge is 0.494 e. The molecule has 1 aromatic rings. The Hall–Kier alpha value is 0.516. The van der Waals surface area contributed by atoms with Crippen molar-refractivity contribution >= 4 is 35.3 Å². The van der Waals surface area contributed by atoms with Gasteiger partial charge in [-0.1, -0.05) is 31.0 Å². The lowest BCUT2D eigenvalue weighted by Crippen LogP contribution is -1.97. The number of unbranched alkanes of at least 4 members (excludes halogenated alkanes) is 1. The molecule has 0 aliphatic carbocycles. The molecule has 1 rings (SSSR count). The van der Waals surface area contributed by atoms with E-state index in [0.717, 1.165) is 18.8 Å². The first kappa shape index (κ1) is 12.6. The van der Waals surface area contributed by atoms with Crippen LogP contribution in [0.3, 0.4) is 0 Å². The lowest BCUT2D eigenvalue weighted by Gasteiger charge is -2.06. The van der Waals surface area contributed by atoms with Gasteiger partial charge in [0.1, 0.15) is 5.75 Å². The zero-order valence-corrected chi connectivity index (χ0v) is 12.2. The second-order valence-electron chi connectivity index (χ2n) is 3.29. The van der Waals surface area contributed by atoms with Crippen molar-refractivity contribution in [2.45, 2.75) is 24.3 Å². The Balaban J connectivity index is 2.46. The highest BCUT2D eigenvalue weighted by molar-refractivity contribution is 14.1. The Kier molecular flexibility index (Phi) is 6.98. The Labute approximate surface area is 106 Å². The molecular formula is C11H15IMgO. The van der Waals surface area contributed by atoms with E-state index >= 15 is 0 Å². The summed E-state index contributed by atoms with van der Waals surface area (Å²) in [5, 5.41) is 0. The summed E-state index contributed by atoms with van der Waals surface area (Å²) in [5.41, 5.74) is 1.43. The van der Waals surface area contributed by atoms with E-state index < -0.39 is 0 Å². The standard InChI is InChI=1S/C11H15O.HI.Mg/c1-3-4-8-12-11-7-5-6-10(2)9-11;;/h5-7,9H,2-4,8H2,1H3;1H;/q;;+1/p-1. The monoisotopic (exact) mass is 314 g/mol. The number of rotatable bonds is 6. The van der Waals surface area contributed by atoms with Crippen molar-refractivity contribution in [3.8, 4) is 5.75 Å². The molecule has 14 heavy (non-hydrogen) atoms. The van der Waals surface area contributed by atoms with Crippen LogP contribution in [0.2, 0.25) is 0 Å². The normalized spacial score (nSPS) is 9.57. The number of ether oxygens (including phenoxy) is 1. The summed E-state index contributed by atoms with van der Waals surface area (Å²) in [6.45, 7) is 3.03. The molecule has 0 spiro atoms. The predicted molar refractivity (Wildman–Crippen MR) is 70.3 cm³/mol. The summed E-state index contributed by atoms with van der Waals surface area (Å²) in [4.78, 5) is 0. The quantitative estimate of drug-likeness (QED) is 0.444. The molecule has 0 saturated carbocycles. The molecule has 0 N–H and O–H groups in total. The molecule has 0 bridgehead atoms. The van der Waals surface area contributed by atoms with Crippen LogP contribution in [-0.4, -0.2) is 23.1 Å². The van der Waals surface area contributed by atoms with E-state index in [1.165, 1.54) is 16.5 Å². The Morgan fingerprint density at radius 2 is 2.29 bits per heavy atom. The van der Waals surface area contributed by atoms with Crippen LogP contribution in [-0.2, 0) is 4.55 Å². The van der Waals surface area contributed by atoms with Gasteiger partial charge in [0, 0.05) is 0 Å². The lowest BCUT2D eigenvalue weighted by atomic mass is 10.2. The Morgan fingerprint density at radius 1 is 1.43 bits per heavy atom. The minimum Gasteiger partial charge on any atom is -0.494 e. The summed E-state index contributed by atoms with van der Waals surface area (Å²) >= 11 is 2.63. The highest BCUT2D eigenvalue weighted by Gasteiger charge is 1.97. The van der Waals surface area contributed by atoms with Gasteiger partial charge in [-0.05, 0) is 18.6 Å². The van der Waals surface area contributed by atoms with Crippen molar-refractivity contribution < 1.29 is 4.74 Å². The van der Waals surface area contributed by atoms with E-state index in [2.05, 4.69) is 44.0 Å². The van der Waals surface area contributed by atoms with Crippen molar-refractivity contribution in [3.05, 3.63) is 29.8 Å². The minimum absolute atomic E-state index is 0.0906. The van der Waals surface area contributed by atoms with Crippen LogP contribution >= 0.6 is 18.9 Å². The highest BCUT2D eigenvalue weighted by Crippen LogP contribution is 2.14. The summed E-state index contributed by atoms with van der Waals surface area (Å²) < 4.78 is 6.92. The van der Waals surface area contributed by atoms with Gasteiger partial charge in [-0.15, -0.1) is 4.55 Å². The third-order valence-electron chi connectivity index (χ3n) is 2.05. The maximum absolute atomic E-state index is 5.65. The number of hydrogen-bond acceptors (Lipinski definition) is 1. The van der Waals surface area contributed by atoms with Crippen LogP contribution < -0.4 is 4.74 Å². The summed E-state index contributed by atoms with van der Waals surface area (Å²) in [7, 11) is 0. The van der Waals surface area contributed by atoms with E-state index in [9.17, 15) is 0 Å². The molecule has 0 radical (unpaired) electrons. The smallest absolute Gasteiger partial charge is 0.468 e. The third-order valence-corrected chi connectivity index (χ3v) is 4.43. The first-order valence-electron chi connectivity index (χ1n) is 5.14. The van der Waals surface area contributed by atoms with E-state index in [4.69, 9.17) is 4.74 Å². The molecular weight excluding hydrogens is 299 g/mol. The predicted octanol–water partition coefficient (Wildman–Crippen LogP) is 3.42. The third kappa shape index (κ3) is 4.84. The average Bonchev–Trinajstić information content (AvgIpc) is 2.19. The van der Waals surface area contributed by atoms with Gasteiger partial charge in [0.25, 0.3) is 0 Å². The van der Waals surface area contributed by atoms with Gasteiger partial charge in [-0.25, -0.2) is 0 Å². The number of benzene rings is 1. The minimum atomic E-state index is 0.0906. The van der Waals surface area contributed by atoms with Gasteiger partial charge >= 0.3 is 16.5 Å². The molecule has 0 aliphatic rings. The van der Waals surface area contributed by atoms with Crippen molar-refractivity contribution in [1.29, 1.82) is 0 Å². The molecule has 1 nitrogen and oxygen atoms in total.